The Labute approximate surface area is 108 Å². The molecule has 1 fully saturated rings. The Bertz CT molecular complexity index is 448. The molecule has 3 N–H and O–H groups in total. The minimum atomic E-state index is -0.149. The van der Waals surface area contributed by atoms with Crippen molar-refractivity contribution in [3.63, 3.8) is 0 Å². The van der Waals surface area contributed by atoms with Crippen molar-refractivity contribution < 1.29 is 9.53 Å². The summed E-state index contributed by atoms with van der Waals surface area (Å²) in [7, 11) is 1.71. The molecule has 2 rings (SSSR count). The van der Waals surface area contributed by atoms with E-state index in [1.165, 1.54) is 6.42 Å². The maximum atomic E-state index is 12.1. The minimum Gasteiger partial charge on any atom is -0.398 e. The minimum absolute atomic E-state index is 0.0804. The molecule has 0 saturated heterocycles. The highest BCUT2D eigenvalue weighted by Gasteiger charge is 2.37. The lowest BCUT2D eigenvalue weighted by Crippen LogP contribution is -2.49. The summed E-state index contributed by atoms with van der Waals surface area (Å²) < 4.78 is 5.47. The number of anilines is 1. The zero-order chi connectivity index (χ0) is 13.2. The quantitative estimate of drug-likeness (QED) is 0.800. The fourth-order valence-corrected chi connectivity index (χ4v) is 2.26. The second-order valence-corrected chi connectivity index (χ2v) is 4.94. The van der Waals surface area contributed by atoms with E-state index in [-0.39, 0.29) is 11.5 Å². The topological polar surface area (TPSA) is 64.3 Å². The summed E-state index contributed by atoms with van der Waals surface area (Å²) in [6.45, 7) is 2.43. The molecule has 4 nitrogen and oxygen atoms in total. The van der Waals surface area contributed by atoms with E-state index in [9.17, 15) is 4.79 Å². The van der Waals surface area contributed by atoms with Crippen molar-refractivity contribution in [2.24, 2.45) is 0 Å². The van der Waals surface area contributed by atoms with E-state index >= 15 is 0 Å². The van der Waals surface area contributed by atoms with Crippen LogP contribution in [0.5, 0.6) is 0 Å². The van der Waals surface area contributed by atoms with Gasteiger partial charge in [0.2, 0.25) is 0 Å². The molecule has 0 unspecified atom stereocenters. The van der Waals surface area contributed by atoms with Crippen LogP contribution in [0.25, 0.3) is 0 Å². The van der Waals surface area contributed by atoms with Crippen LogP contribution in [-0.4, -0.2) is 25.2 Å². The van der Waals surface area contributed by atoms with Gasteiger partial charge >= 0.3 is 0 Å². The van der Waals surface area contributed by atoms with Crippen LogP contribution >= 0.6 is 0 Å². The molecule has 1 aromatic carbocycles. The molecule has 0 spiro atoms. The Hall–Kier alpha value is -1.55. The highest BCUT2D eigenvalue weighted by atomic mass is 16.5. The smallest absolute Gasteiger partial charge is 0.251 e. The first kappa shape index (κ1) is 12.9. The number of benzene rings is 1. The summed E-state index contributed by atoms with van der Waals surface area (Å²) in [5, 5.41) is 2.94. The first-order valence-electron chi connectivity index (χ1n) is 6.26. The van der Waals surface area contributed by atoms with E-state index in [1.54, 1.807) is 25.3 Å². The molecule has 0 heterocycles. The number of carbonyl (C=O) groups excluding carboxylic acids is 1. The third kappa shape index (κ3) is 2.34. The van der Waals surface area contributed by atoms with E-state index in [4.69, 9.17) is 10.5 Å². The number of amides is 1. The fourth-order valence-electron chi connectivity index (χ4n) is 2.26. The highest BCUT2D eigenvalue weighted by Crippen LogP contribution is 2.34. The van der Waals surface area contributed by atoms with Gasteiger partial charge in [0, 0.05) is 24.9 Å². The number of nitrogens with two attached hydrogens (primary N) is 1. The Balaban J connectivity index is 2.02. The molecular formula is C14H20N2O2. The summed E-state index contributed by atoms with van der Waals surface area (Å²) >= 11 is 0. The van der Waals surface area contributed by atoms with Crippen LogP contribution in [0, 0.1) is 6.92 Å². The van der Waals surface area contributed by atoms with Crippen molar-refractivity contribution in [2.75, 3.05) is 19.4 Å². The first-order chi connectivity index (χ1) is 8.58. The third-order valence-electron chi connectivity index (χ3n) is 3.89. The van der Waals surface area contributed by atoms with Crippen LogP contribution in [0.2, 0.25) is 0 Å². The van der Waals surface area contributed by atoms with Crippen LogP contribution in [0.3, 0.4) is 0 Å². The van der Waals surface area contributed by atoms with Gasteiger partial charge in [0.25, 0.3) is 5.91 Å². The fraction of sp³-hybridized carbons (Fsp3) is 0.500. The number of carbonyl (C=O) groups is 1. The predicted molar refractivity (Wildman–Crippen MR) is 71.5 cm³/mol. The number of methoxy groups -OCH3 is 1. The molecule has 0 bridgehead atoms. The van der Waals surface area contributed by atoms with Crippen molar-refractivity contribution in [1.29, 1.82) is 0 Å². The van der Waals surface area contributed by atoms with Gasteiger partial charge in [-0.2, -0.15) is 0 Å². The molecule has 0 atom stereocenters. The lowest BCUT2D eigenvalue weighted by molar-refractivity contribution is -0.0679. The predicted octanol–water partition coefficient (Wildman–Crippen LogP) is 1.88. The van der Waals surface area contributed by atoms with E-state index in [1.807, 2.05) is 6.92 Å². The maximum absolute atomic E-state index is 12.1. The van der Waals surface area contributed by atoms with Gasteiger partial charge in [-0.25, -0.2) is 0 Å². The lowest BCUT2D eigenvalue weighted by Gasteiger charge is -2.40. The Kier molecular flexibility index (Phi) is 3.57. The Morgan fingerprint density at radius 1 is 1.50 bits per heavy atom. The van der Waals surface area contributed by atoms with Crippen molar-refractivity contribution in [3.05, 3.63) is 29.3 Å². The molecule has 1 aromatic rings. The van der Waals surface area contributed by atoms with Gasteiger partial charge in [0.1, 0.15) is 0 Å². The lowest BCUT2D eigenvalue weighted by atomic mass is 9.80. The van der Waals surface area contributed by atoms with E-state index in [0.29, 0.717) is 17.8 Å². The van der Waals surface area contributed by atoms with Gasteiger partial charge in [-0.15, -0.1) is 0 Å². The van der Waals surface area contributed by atoms with Crippen molar-refractivity contribution in [1.82, 2.24) is 5.32 Å². The molecular weight excluding hydrogens is 228 g/mol. The average Bonchev–Trinajstić information content (AvgIpc) is 2.31. The van der Waals surface area contributed by atoms with Crippen molar-refractivity contribution >= 4 is 11.6 Å². The zero-order valence-corrected chi connectivity index (χ0v) is 11.0. The standard InChI is InChI=1S/C14H20N2O2/c1-10-11(5-3-6-12(10)15)13(17)16-9-14(18-2)7-4-8-14/h3,5-6H,4,7-9,15H2,1-2H3,(H,16,17). The maximum Gasteiger partial charge on any atom is 0.251 e. The van der Waals surface area contributed by atoms with Gasteiger partial charge in [0.15, 0.2) is 0 Å². The molecule has 0 aromatic heterocycles. The molecule has 4 heteroatoms. The van der Waals surface area contributed by atoms with Crippen LogP contribution in [0.1, 0.15) is 35.2 Å². The molecule has 1 amide bonds. The summed E-state index contributed by atoms with van der Waals surface area (Å²) in [6.07, 6.45) is 3.19. The van der Waals surface area contributed by atoms with E-state index in [0.717, 1.165) is 18.4 Å². The van der Waals surface area contributed by atoms with Crippen molar-refractivity contribution in [3.8, 4) is 0 Å². The highest BCUT2D eigenvalue weighted by molar-refractivity contribution is 5.96. The zero-order valence-electron chi connectivity index (χ0n) is 11.0. The number of hydrogen-bond acceptors (Lipinski definition) is 3. The normalized spacial score (nSPS) is 17.0. The van der Waals surface area contributed by atoms with Gasteiger partial charge in [-0.1, -0.05) is 6.07 Å². The van der Waals surface area contributed by atoms with E-state index in [2.05, 4.69) is 5.32 Å². The van der Waals surface area contributed by atoms with Gasteiger partial charge in [-0.3, -0.25) is 4.79 Å². The molecule has 0 aliphatic heterocycles. The average molecular weight is 248 g/mol. The molecule has 1 aliphatic carbocycles. The van der Waals surface area contributed by atoms with Gasteiger partial charge in [-0.05, 0) is 43.9 Å². The number of ether oxygens (including phenoxy) is 1. The second kappa shape index (κ2) is 4.98. The van der Waals surface area contributed by atoms with Crippen LogP contribution < -0.4 is 11.1 Å². The monoisotopic (exact) mass is 248 g/mol. The molecule has 98 valence electrons. The Morgan fingerprint density at radius 3 is 2.78 bits per heavy atom. The van der Waals surface area contributed by atoms with Crippen LogP contribution in [-0.2, 0) is 4.74 Å². The summed E-state index contributed by atoms with van der Waals surface area (Å²) in [5.74, 6) is -0.0804. The van der Waals surface area contributed by atoms with Gasteiger partial charge < -0.3 is 15.8 Å². The first-order valence-corrected chi connectivity index (χ1v) is 6.26. The number of nitrogens with one attached hydrogen (secondary N) is 1. The molecule has 1 aliphatic rings. The molecule has 1 saturated carbocycles. The molecule has 18 heavy (non-hydrogen) atoms. The third-order valence-corrected chi connectivity index (χ3v) is 3.89. The van der Waals surface area contributed by atoms with Crippen LogP contribution in [0.4, 0.5) is 5.69 Å². The SMILES string of the molecule is COC1(CNC(=O)c2cccc(N)c2C)CCC1. The largest absolute Gasteiger partial charge is 0.398 e. The summed E-state index contributed by atoms with van der Waals surface area (Å²) in [5.41, 5.74) is 7.76. The summed E-state index contributed by atoms with van der Waals surface area (Å²) in [4.78, 5) is 12.1. The number of hydrogen-bond donors (Lipinski definition) is 2. The molecule has 0 radical (unpaired) electrons. The van der Waals surface area contributed by atoms with Crippen LogP contribution in [0.15, 0.2) is 18.2 Å². The number of rotatable bonds is 4. The number of nitrogen functional groups attached to an aromatic ring is 1. The summed E-state index contributed by atoms with van der Waals surface area (Å²) in [6, 6.07) is 5.39. The Morgan fingerprint density at radius 2 is 2.22 bits per heavy atom. The van der Waals surface area contributed by atoms with Crippen molar-refractivity contribution in [2.45, 2.75) is 31.8 Å². The van der Waals surface area contributed by atoms with Gasteiger partial charge in [0.05, 0.1) is 5.60 Å². The van der Waals surface area contributed by atoms with E-state index < -0.39 is 0 Å². The second-order valence-electron chi connectivity index (χ2n) is 4.94.